The normalized spacial score (nSPS) is 18.2. The average molecular weight is 401 g/mol. The smallest absolute Gasteiger partial charge is 0.338 e. The zero-order chi connectivity index (χ0) is 20.8. The van der Waals surface area contributed by atoms with E-state index in [2.05, 4.69) is 10.6 Å². The summed E-state index contributed by atoms with van der Waals surface area (Å²) in [6.07, 6.45) is 5.36. The third-order valence-corrected chi connectivity index (χ3v) is 5.32. The zero-order valence-electron chi connectivity index (χ0n) is 16.6. The first-order valence-corrected chi connectivity index (χ1v) is 10.2. The summed E-state index contributed by atoms with van der Waals surface area (Å²) < 4.78 is 5.16. The lowest BCUT2D eigenvalue weighted by Crippen LogP contribution is -2.48. The van der Waals surface area contributed by atoms with Gasteiger partial charge in [0, 0.05) is 24.7 Å². The number of benzene rings is 1. The summed E-state index contributed by atoms with van der Waals surface area (Å²) in [5.74, 6) is -1.28. The molecule has 0 bridgehead atoms. The van der Waals surface area contributed by atoms with E-state index in [0.717, 1.165) is 37.8 Å². The van der Waals surface area contributed by atoms with Crippen molar-refractivity contribution < 1.29 is 23.9 Å². The number of urea groups is 1. The summed E-state index contributed by atoms with van der Waals surface area (Å²) >= 11 is 0. The Morgan fingerprint density at radius 1 is 1.07 bits per heavy atom. The van der Waals surface area contributed by atoms with Gasteiger partial charge in [0.2, 0.25) is 5.91 Å². The SMILES string of the molecule is C[C@@H](OC(=O)c1ccc(N2CCCC2=O)cc1)C(=O)NC(=O)NC1CCCCC1. The van der Waals surface area contributed by atoms with Crippen LogP contribution in [0.1, 0.15) is 62.2 Å². The summed E-state index contributed by atoms with van der Waals surface area (Å²) in [6.45, 7) is 2.08. The van der Waals surface area contributed by atoms with Crippen molar-refractivity contribution in [3.05, 3.63) is 29.8 Å². The highest BCUT2D eigenvalue weighted by Crippen LogP contribution is 2.22. The predicted molar refractivity (Wildman–Crippen MR) is 106 cm³/mol. The molecule has 2 aliphatic rings. The van der Waals surface area contributed by atoms with Crippen LogP contribution in [0.15, 0.2) is 24.3 Å². The molecule has 8 nitrogen and oxygen atoms in total. The van der Waals surface area contributed by atoms with Crippen LogP contribution in [0.25, 0.3) is 0 Å². The van der Waals surface area contributed by atoms with Gasteiger partial charge >= 0.3 is 12.0 Å². The number of esters is 1. The number of hydrogen-bond donors (Lipinski definition) is 2. The Morgan fingerprint density at radius 3 is 2.38 bits per heavy atom. The van der Waals surface area contributed by atoms with Gasteiger partial charge in [-0.1, -0.05) is 19.3 Å². The second-order valence-corrected chi connectivity index (χ2v) is 7.54. The summed E-state index contributed by atoms with van der Waals surface area (Å²) in [5.41, 5.74) is 1.00. The van der Waals surface area contributed by atoms with E-state index in [1.807, 2.05) is 0 Å². The summed E-state index contributed by atoms with van der Waals surface area (Å²) in [6, 6.07) is 6.00. The number of carbonyl (C=O) groups excluding carboxylic acids is 4. The second-order valence-electron chi connectivity index (χ2n) is 7.54. The predicted octanol–water partition coefficient (Wildman–Crippen LogP) is 2.52. The Bertz CT molecular complexity index is 771. The third kappa shape index (κ3) is 5.56. The van der Waals surface area contributed by atoms with Crippen LogP contribution in [0.2, 0.25) is 0 Å². The Balaban J connectivity index is 1.48. The highest BCUT2D eigenvalue weighted by molar-refractivity contribution is 5.99. The molecule has 1 aliphatic carbocycles. The molecule has 8 heteroatoms. The molecule has 3 rings (SSSR count). The molecule has 0 spiro atoms. The van der Waals surface area contributed by atoms with Gasteiger partial charge in [0.15, 0.2) is 6.10 Å². The molecule has 0 aromatic heterocycles. The van der Waals surface area contributed by atoms with E-state index in [1.54, 1.807) is 29.2 Å². The van der Waals surface area contributed by atoms with Gasteiger partial charge in [-0.3, -0.25) is 14.9 Å². The Hall–Kier alpha value is -2.90. The van der Waals surface area contributed by atoms with Crippen LogP contribution >= 0.6 is 0 Å². The fourth-order valence-corrected chi connectivity index (χ4v) is 3.66. The lowest BCUT2D eigenvalue weighted by molar-refractivity contribution is -0.128. The van der Waals surface area contributed by atoms with Crippen LogP contribution in [0.3, 0.4) is 0 Å². The number of amides is 4. The van der Waals surface area contributed by atoms with Crippen molar-refractivity contribution in [3.63, 3.8) is 0 Å². The molecule has 156 valence electrons. The van der Waals surface area contributed by atoms with Crippen molar-refractivity contribution in [2.24, 2.45) is 0 Å². The molecule has 1 aliphatic heterocycles. The lowest BCUT2D eigenvalue weighted by atomic mass is 9.96. The van der Waals surface area contributed by atoms with Gasteiger partial charge in [-0.15, -0.1) is 0 Å². The van der Waals surface area contributed by atoms with E-state index in [4.69, 9.17) is 4.74 Å². The van der Waals surface area contributed by atoms with Crippen molar-refractivity contribution >= 4 is 29.5 Å². The van der Waals surface area contributed by atoms with Gasteiger partial charge in [0.1, 0.15) is 0 Å². The van der Waals surface area contributed by atoms with Crippen molar-refractivity contribution in [1.29, 1.82) is 0 Å². The van der Waals surface area contributed by atoms with E-state index in [-0.39, 0.29) is 17.5 Å². The number of imide groups is 1. The molecular weight excluding hydrogens is 374 g/mol. The second kappa shape index (κ2) is 9.54. The van der Waals surface area contributed by atoms with Crippen LogP contribution in [-0.2, 0) is 14.3 Å². The largest absolute Gasteiger partial charge is 0.449 e. The van der Waals surface area contributed by atoms with Crippen LogP contribution < -0.4 is 15.5 Å². The fraction of sp³-hybridized carbons (Fsp3) is 0.524. The quantitative estimate of drug-likeness (QED) is 0.738. The number of ether oxygens (including phenoxy) is 1. The number of carbonyl (C=O) groups is 4. The number of anilines is 1. The molecule has 1 heterocycles. The van der Waals surface area contributed by atoms with E-state index < -0.39 is 24.0 Å². The Kier molecular flexibility index (Phi) is 6.85. The highest BCUT2D eigenvalue weighted by Gasteiger charge is 2.24. The van der Waals surface area contributed by atoms with Crippen molar-refractivity contribution in [2.75, 3.05) is 11.4 Å². The maximum atomic E-state index is 12.3. The maximum Gasteiger partial charge on any atom is 0.338 e. The summed E-state index contributed by atoms with van der Waals surface area (Å²) in [4.78, 5) is 49.8. The van der Waals surface area contributed by atoms with Crippen LogP contribution in [-0.4, -0.2) is 42.5 Å². The summed E-state index contributed by atoms with van der Waals surface area (Å²) in [7, 11) is 0. The topological polar surface area (TPSA) is 105 Å². The molecule has 1 aromatic carbocycles. The Labute approximate surface area is 170 Å². The first kappa shape index (κ1) is 20.8. The standard InChI is InChI=1S/C21H27N3O5/c1-14(19(26)23-21(28)22-16-6-3-2-4-7-16)29-20(27)15-9-11-17(12-10-15)24-13-5-8-18(24)25/h9-12,14,16H,2-8,13H2,1H3,(H2,22,23,26,28)/t14-/m1/s1. The molecule has 1 aromatic rings. The van der Waals surface area contributed by atoms with Crippen LogP contribution in [0.5, 0.6) is 0 Å². The number of nitrogens with zero attached hydrogens (tertiary/aromatic N) is 1. The molecule has 1 saturated carbocycles. The molecule has 29 heavy (non-hydrogen) atoms. The van der Waals surface area contributed by atoms with Crippen molar-refractivity contribution in [3.8, 4) is 0 Å². The monoisotopic (exact) mass is 401 g/mol. The van der Waals surface area contributed by atoms with Gasteiger partial charge in [0.05, 0.1) is 5.56 Å². The summed E-state index contributed by atoms with van der Waals surface area (Å²) in [5, 5.41) is 5.01. The van der Waals surface area contributed by atoms with Gasteiger partial charge in [-0.25, -0.2) is 9.59 Å². The van der Waals surface area contributed by atoms with Gasteiger partial charge in [0.25, 0.3) is 5.91 Å². The number of hydrogen-bond acceptors (Lipinski definition) is 5. The van der Waals surface area contributed by atoms with E-state index in [1.165, 1.54) is 13.3 Å². The molecule has 2 N–H and O–H groups in total. The van der Waals surface area contributed by atoms with Crippen LogP contribution in [0.4, 0.5) is 10.5 Å². The van der Waals surface area contributed by atoms with Crippen molar-refractivity contribution in [2.45, 2.75) is 64.0 Å². The van der Waals surface area contributed by atoms with E-state index in [9.17, 15) is 19.2 Å². The molecule has 0 unspecified atom stereocenters. The lowest BCUT2D eigenvalue weighted by Gasteiger charge is -2.23. The third-order valence-electron chi connectivity index (χ3n) is 5.32. The Morgan fingerprint density at radius 2 is 1.76 bits per heavy atom. The zero-order valence-corrected chi connectivity index (χ0v) is 16.6. The number of rotatable bonds is 5. The molecule has 1 atom stereocenters. The number of nitrogens with one attached hydrogen (secondary N) is 2. The highest BCUT2D eigenvalue weighted by atomic mass is 16.5. The fourth-order valence-electron chi connectivity index (χ4n) is 3.66. The molecule has 2 fully saturated rings. The van der Waals surface area contributed by atoms with Gasteiger partial charge in [-0.05, 0) is 50.5 Å². The van der Waals surface area contributed by atoms with Gasteiger partial charge in [-0.2, -0.15) is 0 Å². The first-order valence-electron chi connectivity index (χ1n) is 10.2. The van der Waals surface area contributed by atoms with Crippen LogP contribution in [0, 0.1) is 0 Å². The molecule has 1 saturated heterocycles. The first-order chi connectivity index (χ1) is 13.9. The average Bonchev–Trinajstić information content (AvgIpc) is 3.14. The molecule has 4 amide bonds. The minimum atomic E-state index is -1.11. The molecule has 0 radical (unpaired) electrons. The maximum absolute atomic E-state index is 12.3. The van der Waals surface area contributed by atoms with Crippen molar-refractivity contribution in [1.82, 2.24) is 10.6 Å². The molecular formula is C21H27N3O5. The van der Waals surface area contributed by atoms with E-state index >= 15 is 0 Å². The van der Waals surface area contributed by atoms with Gasteiger partial charge < -0.3 is 15.0 Å². The van der Waals surface area contributed by atoms with E-state index in [0.29, 0.717) is 13.0 Å². The minimum Gasteiger partial charge on any atom is -0.449 e. The minimum absolute atomic E-state index is 0.0668.